The molecule has 2 amide bonds. The second kappa shape index (κ2) is 25.1. The van der Waals surface area contributed by atoms with Crippen LogP contribution >= 0.6 is 0 Å². The first-order valence-corrected chi connectivity index (χ1v) is 21.7. The molecule has 23 nitrogen and oxygen atoms in total. The van der Waals surface area contributed by atoms with Gasteiger partial charge in [-0.05, 0) is 28.3 Å². The number of Topliss-reactive ketones (excluding diaryl/α,β-unsaturated/α-hetero) is 1. The zero-order valence-electron chi connectivity index (χ0n) is 38.0. The molecule has 0 bridgehead atoms. The molecule has 4 atom stereocenters. The Morgan fingerprint density at radius 1 is 0.438 bits per heavy atom. The maximum absolute atomic E-state index is 13.4. The van der Waals surface area contributed by atoms with Gasteiger partial charge in [0.25, 0.3) is 22.7 Å². The number of carboxylic acids is 2. The fraction of sp³-hybridized carbons (Fsp3) is 0.160. The SMILES string of the molecule is N[C@@H](CC(=O)N[C@@H](CC(=O)O)c1ccccc1)c1cccc(C(=O)c2cc([N+](=O)[O-])cc([N+](=O)[O-])c2)c1.O=C(O)C[C@H](NC(=O)C[C@H](C(=O)c1cc([N+](=O)[O-])cc([N+](=O)[O-])c1)c1ccccc1)c1ccccc1. The van der Waals surface area contributed by atoms with E-state index in [1.54, 1.807) is 97.1 Å². The number of carbonyl (C=O) groups excluding carboxylic acids is 4. The van der Waals surface area contributed by atoms with Crippen LogP contribution < -0.4 is 16.4 Å². The van der Waals surface area contributed by atoms with Crippen LogP contribution in [-0.4, -0.2) is 65.2 Å². The maximum atomic E-state index is 13.4. The standard InChI is InChI=1S/C25H22N4O8.C25H21N3O8/c26-21(13-23(30)27-22(14-24(31)32)15-5-2-1-3-6-15)16-7-4-8-17(9-16)25(33)18-10-19(28(34)35)12-20(11-18)29(36)37;29-23(26-22(15-24(30)31)17-9-5-2-6-10-17)14-21(16-7-3-1-4-8-16)25(32)18-11-19(27(33)34)13-20(12-18)28(35)36/h1-12,21-22H,13-14,26H2,(H,27,30)(H,31,32);1-13,21-22H,14-15H2,(H,26,29)(H,30,31)/t2*21-,22-/m00/s1. The van der Waals surface area contributed by atoms with Crippen LogP contribution in [0.2, 0.25) is 0 Å². The molecule has 6 aromatic rings. The zero-order valence-corrected chi connectivity index (χ0v) is 38.0. The number of hydrogen-bond donors (Lipinski definition) is 5. The van der Waals surface area contributed by atoms with Gasteiger partial charge in [-0.2, -0.15) is 0 Å². The van der Waals surface area contributed by atoms with Crippen LogP contribution in [0.4, 0.5) is 22.7 Å². The molecule has 0 fully saturated rings. The number of benzene rings is 6. The normalized spacial score (nSPS) is 12.2. The van der Waals surface area contributed by atoms with Crippen LogP contribution in [0.3, 0.4) is 0 Å². The topological polar surface area (TPSA) is 366 Å². The minimum absolute atomic E-state index is 0.0659. The van der Waals surface area contributed by atoms with Crippen molar-refractivity contribution < 1.29 is 58.7 Å². The number of rotatable bonds is 22. The number of hydrogen-bond acceptors (Lipinski definition) is 15. The highest BCUT2D eigenvalue weighted by Crippen LogP contribution is 2.31. The van der Waals surface area contributed by atoms with Crippen LogP contribution in [-0.2, 0) is 19.2 Å². The molecule has 0 spiro atoms. The molecule has 0 saturated carbocycles. The number of carbonyl (C=O) groups is 6. The molecule has 73 heavy (non-hydrogen) atoms. The molecule has 0 aliphatic heterocycles. The van der Waals surface area contributed by atoms with Crippen molar-refractivity contribution in [1.29, 1.82) is 0 Å². The summed E-state index contributed by atoms with van der Waals surface area (Å²) in [4.78, 5) is 116. The van der Waals surface area contributed by atoms with Crippen LogP contribution in [0.25, 0.3) is 0 Å². The first-order valence-electron chi connectivity index (χ1n) is 21.7. The van der Waals surface area contributed by atoms with Gasteiger partial charge < -0.3 is 26.6 Å². The molecule has 0 radical (unpaired) electrons. The molecule has 0 heterocycles. The molecule has 0 aliphatic carbocycles. The third kappa shape index (κ3) is 15.6. The lowest BCUT2D eigenvalue weighted by atomic mass is 9.87. The van der Waals surface area contributed by atoms with E-state index >= 15 is 0 Å². The summed E-state index contributed by atoms with van der Waals surface area (Å²) in [6.45, 7) is 0. The number of carboxylic acid groups (broad SMARTS) is 2. The molecule has 0 aliphatic rings. The van der Waals surface area contributed by atoms with Crippen molar-refractivity contribution in [3.05, 3.63) is 231 Å². The quantitative estimate of drug-likeness (QED) is 0.0247. The molecular weight excluding hydrogens is 955 g/mol. The highest BCUT2D eigenvalue weighted by atomic mass is 16.6. The van der Waals surface area contributed by atoms with Gasteiger partial charge in [0.1, 0.15) is 0 Å². The number of amides is 2. The van der Waals surface area contributed by atoms with Crippen molar-refractivity contribution in [2.75, 3.05) is 0 Å². The smallest absolute Gasteiger partial charge is 0.305 e. The lowest BCUT2D eigenvalue weighted by molar-refractivity contribution is -0.394. The van der Waals surface area contributed by atoms with Crippen LogP contribution in [0.15, 0.2) is 152 Å². The summed E-state index contributed by atoms with van der Waals surface area (Å²) < 4.78 is 0. The summed E-state index contributed by atoms with van der Waals surface area (Å²) in [5, 5.41) is 68.6. The van der Waals surface area contributed by atoms with Gasteiger partial charge in [0, 0.05) is 59.8 Å². The van der Waals surface area contributed by atoms with Crippen LogP contribution in [0.1, 0.15) is 98.3 Å². The van der Waals surface area contributed by atoms with E-state index in [0.29, 0.717) is 22.3 Å². The highest BCUT2D eigenvalue weighted by molar-refractivity contribution is 6.10. The monoisotopic (exact) mass is 997 g/mol. The Balaban J connectivity index is 0.000000271. The van der Waals surface area contributed by atoms with Gasteiger partial charge >= 0.3 is 11.9 Å². The maximum Gasteiger partial charge on any atom is 0.305 e. The molecular formula is C50H43N7O16. The number of nitro benzene ring substituents is 4. The Morgan fingerprint density at radius 2 is 0.808 bits per heavy atom. The van der Waals surface area contributed by atoms with E-state index in [4.69, 9.17) is 5.73 Å². The van der Waals surface area contributed by atoms with E-state index in [9.17, 15) is 79.4 Å². The Bertz CT molecular complexity index is 3000. The number of nitrogens with one attached hydrogen (secondary N) is 2. The van der Waals surface area contributed by atoms with E-state index < -0.39 is 115 Å². The number of aliphatic carboxylic acids is 2. The van der Waals surface area contributed by atoms with Gasteiger partial charge in [0.05, 0.1) is 62.7 Å². The van der Waals surface area contributed by atoms with E-state index in [2.05, 4.69) is 10.6 Å². The molecule has 374 valence electrons. The summed E-state index contributed by atoms with van der Waals surface area (Å²) in [5.74, 6) is -5.92. The highest BCUT2D eigenvalue weighted by Gasteiger charge is 2.30. The molecule has 23 heteroatoms. The lowest BCUT2D eigenvalue weighted by Gasteiger charge is -2.20. The number of non-ortho nitro benzene ring substituents is 4. The Morgan fingerprint density at radius 3 is 1.21 bits per heavy atom. The molecule has 0 saturated heterocycles. The van der Waals surface area contributed by atoms with Crippen molar-refractivity contribution >= 4 is 58.1 Å². The van der Waals surface area contributed by atoms with E-state index in [0.717, 1.165) is 36.4 Å². The van der Waals surface area contributed by atoms with Crippen LogP contribution in [0, 0.1) is 40.5 Å². The number of nitrogens with zero attached hydrogens (tertiary/aromatic N) is 4. The van der Waals surface area contributed by atoms with Crippen molar-refractivity contribution in [2.45, 2.75) is 49.7 Å². The van der Waals surface area contributed by atoms with Gasteiger partial charge in [0.15, 0.2) is 11.6 Å². The second-order valence-electron chi connectivity index (χ2n) is 16.1. The van der Waals surface area contributed by atoms with Crippen molar-refractivity contribution in [3.63, 3.8) is 0 Å². The number of ketones is 2. The number of nitrogens with two attached hydrogens (primary N) is 1. The first-order chi connectivity index (χ1) is 34.7. The second-order valence-corrected chi connectivity index (χ2v) is 16.1. The summed E-state index contributed by atoms with van der Waals surface area (Å²) in [6, 6.07) is 33.9. The molecule has 0 unspecified atom stereocenters. The van der Waals surface area contributed by atoms with Crippen LogP contribution in [0.5, 0.6) is 0 Å². The van der Waals surface area contributed by atoms with Crippen molar-refractivity contribution in [1.82, 2.24) is 10.6 Å². The first kappa shape index (κ1) is 54.0. The van der Waals surface area contributed by atoms with Crippen molar-refractivity contribution in [2.24, 2.45) is 5.73 Å². The van der Waals surface area contributed by atoms with Gasteiger partial charge in [-0.15, -0.1) is 0 Å². The fourth-order valence-corrected chi connectivity index (χ4v) is 7.44. The predicted molar refractivity (Wildman–Crippen MR) is 258 cm³/mol. The Kier molecular flexibility index (Phi) is 18.6. The third-order valence-corrected chi connectivity index (χ3v) is 10.9. The summed E-state index contributed by atoms with van der Waals surface area (Å²) >= 11 is 0. The Hall–Kier alpha value is -9.90. The van der Waals surface area contributed by atoms with Gasteiger partial charge in [-0.1, -0.05) is 109 Å². The Labute approximate surface area is 412 Å². The minimum Gasteiger partial charge on any atom is -0.481 e. The fourth-order valence-electron chi connectivity index (χ4n) is 7.44. The average molecular weight is 998 g/mol. The van der Waals surface area contributed by atoms with E-state index in [1.165, 1.54) is 18.2 Å². The third-order valence-electron chi connectivity index (χ3n) is 10.9. The molecule has 0 aromatic heterocycles. The average Bonchev–Trinajstić information content (AvgIpc) is 3.37. The largest absolute Gasteiger partial charge is 0.481 e. The van der Waals surface area contributed by atoms with Crippen molar-refractivity contribution in [3.8, 4) is 0 Å². The lowest BCUT2D eigenvalue weighted by Crippen LogP contribution is -2.32. The van der Waals surface area contributed by atoms with Gasteiger partial charge in [-0.25, -0.2) is 0 Å². The summed E-state index contributed by atoms with van der Waals surface area (Å²) in [5.41, 5.74) is 5.24. The van der Waals surface area contributed by atoms with Gasteiger partial charge in [0.2, 0.25) is 11.8 Å². The molecule has 6 rings (SSSR count). The zero-order chi connectivity index (χ0) is 53.4. The van der Waals surface area contributed by atoms with E-state index in [-0.39, 0.29) is 29.5 Å². The number of nitro groups is 4. The van der Waals surface area contributed by atoms with Gasteiger partial charge in [-0.3, -0.25) is 69.2 Å². The minimum atomic E-state index is -1.14. The van der Waals surface area contributed by atoms with E-state index in [1.807, 2.05) is 0 Å². The predicted octanol–water partition coefficient (Wildman–Crippen LogP) is 7.65. The molecule has 6 N–H and O–H groups in total. The molecule has 6 aromatic carbocycles. The summed E-state index contributed by atoms with van der Waals surface area (Å²) in [7, 11) is 0. The summed E-state index contributed by atoms with van der Waals surface area (Å²) in [6.07, 6.45) is -1.35.